The zero-order valence-electron chi connectivity index (χ0n) is 12.7. The predicted molar refractivity (Wildman–Crippen MR) is 77.6 cm³/mol. The maximum Gasteiger partial charge on any atom is 0.508 e. The highest BCUT2D eigenvalue weighted by Crippen LogP contribution is 2.31. The number of rotatable bonds is 10. The van der Waals surface area contributed by atoms with E-state index in [1.54, 1.807) is 6.92 Å². The van der Waals surface area contributed by atoms with Gasteiger partial charge in [-0.25, -0.2) is 0 Å². The van der Waals surface area contributed by atoms with Gasteiger partial charge in [0.1, 0.15) is 0 Å². The van der Waals surface area contributed by atoms with Crippen LogP contribution in [0.5, 0.6) is 0 Å². The molecular formula is C13H27NO4Si. The minimum Gasteiger partial charge on any atom is -0.373 e. The van der Waals surface area contributed by atoms with Gasteiger partial charge in [-0.15, -0.1) is 0 Å². The van der Waals surface area contributed by atoms with Crippen LogP contribution in [0.4, 0.5) is 0 Å². The Morgan fingerprint density at radius 1 is 1.11 bits per heavy atom. The summed E-state index contributed by atoms with van der Waals surface area (Å²) in [6.45, 7) is 11.0. The quantitative estimate of drug-likeness (QED) is 0.494. The Hall–Kier alpha value is -0.693. The highest BCUT2D eigenvalue weighted by atomic mass is 28.4. The lowest BCUT2D eigenvalue weighted by Gasteiger charge is -2.33. The van der Waals surface area contributed by atoms with Gasteiger partial charge in [0.05, 0.1) is 0 Å². The first-order valence-electron chi connectivity index (χ1n) is 6.87. The van der Waals surface area contributed by atoms with E-state index in [0.717, 1.165) is 6.42 Å². The molecule has 0 saturated carbocycles. The van der Waals surface area contributed by atoms with E-state index in [2.05, 4.69) is 0 Å². The first-order valence-corrected chi connectivity index (χ1v) is 8.67. The molecule has 0 saturated heterocycles. The lowest BCUT2D eigenvalue weighted by atomic mass is 10.2. The molecule has 0 spiro atoms. The molecule has 0 aliphatic heterocycles. The van der Waals surface area contributed by atoms with Crippen LogP contribution < -0.4 is 5.73 Å². The van der Waals surface area contributed by atoms with Crippen LogP contribution in [-0.2, 0) is 18.1 Å². The normalized spacial score (nSPS) is 14.5. The summed E-state index contributed by atoms with van der Waals surface area (Å²) in [4.78, 5) is 11.2. The van der Waals surface area contributed by atoms with Gasteiger partial charge in [-0.1, -0.05) is 13.0 Å². The Kier molecular flexibility index (Phi) is 8.91. The minimum absolute atomic E-state index is 0.0557. The lowest BCUT2D eigenvalue weighted by molar-refractivity contribution is -0.114. The maximum absolute atomic E-state index is 11.2. The molecule has 6 heteroatoms. The second-order valence-corrected chi connectivity index (χ2v) is 6.95. The van der Waals surface area contributed by atoms with Crippen molar-refractivity contribution in [2.75, 3.05) is 19.8 Å². The first kappa shape index (κ1) is 18.3. The zero-order valence-corrected chi connectivity index (χ0v) is 13.7. The molecule has 1 unspecified atom stereocenters. The molecule has 1 amide bonds. The third-order valence-electron chi connectivity index (χ3n) is 2.77. The van der Waals surface area contributed by atoms with Crippen LogP contribution in [-0.4, -0.2) is 34.5 Å². The van der Waals surface area contributed by atoms with Gasteiger partial charge in [0, 0.05) is 30.9 Å². The number of carbonyl (C=O) groups excluding carboxylic acids is 1. The van der Waals surface area contributed by atoms with Crippen LogP contribution in [0.3, 0.4) is 0 Å². The molecule has 0 aromatic rings. The summed E-state index contributed by atoms with van der Waals surface area (Å²) >= 11 is 0. The van der Waals surface area contributed by atoms with Gasteiger partial charge in [-0.2, -0.15) is 0 Å². The summed E-state index contributed by atoms with van der Waals surface area (Å²) in [7, 11) is -2.82. The maximum atomic E-state index is 11.2. The van der Waals surface area contributed by atoms with E-state index in [4.69, 9.17) is 19.0 Å². The van der Waals surface area contributed by atoms with E-state index in [1.165, 1.54) is 0 Å². The van der Waals surface area contributed by atoms with Gasteiger partial charge in [0.2, 0.25) is 5.91 Å². The molecule has 19 heavy (non-hydrogen) atoms. The molecular weight excluding hydrogens is 262 g/mol. The van der Waals surface area contributed by atoms with Crippen LogP contribution >= 0.6 is 0 Å². The second-order valence-electron chi connectivity index (χ2n) is 4.13. The number of carbonyl (C=O) groups is 1. The summed E-state index contributed by atoms with van der Waals surface area (Å²) in [5.41, 5.74) is 5.75. The SMILES string of the molecule is CCO[Si](OCC)(OCC)C(C=C(C)C(N)=O)CC. The first-order chi connectivity index (χ1) is 8.97. The van der Waals surface area contributed by atoms with E-state index >= 15 is 0 Å². The molecule has 0 radical (unpaired) electrons. The monoisotopic (exact) mass is 289 g/mol. The van der Waals surface area contributed by atoms with Crippen LogP contribution in [0, 0.1) is 0 Å². The number of allylic oxidation sites excluding steroid dienone is 1. The van der Waals surface area contributed by atoms with Crippen molar-refractivity contribution in [2.45, 2.75) is 46.6 Å². The van der Waals surface area contributed by atoms with Crippen LogP contribution in [0.2, 0.25) is 5.54 Å². The molecule has 0 rings (SSSR count). The Labute approximate surface area is 117 Å². The van der Waals surface area contributed by atoms with Gasteiger partial charge >= 0.3 is 8.80 Å². The average molecular weight is 289 g/mol. The van der Waals surface area contributed by atoms with Crippen molar-refractivity contribution in [1.82, 2.24) is 0 Å². The van der Waals surface area contributed by atoms with Crippen molar-refractivity contribution in [3.8, 4) is 0 Å². The highest BCUT2D eigenvalue weighted by Gasteiger charge is 2.47. The summed E-state index contributed by atoms with van der Waals surface area (Å²) in [6, 6.07) is 0. The number of nitrogens with two attached hydrogens (primary N) is 1. The summed E-state index contributed by atoms with van der Waals surface area (Å²) in [5.74, 6) is -0.425. The van der Waals surface area contributed by atoms with Crippen molar-refractivity contribution < 1.29 is 18.1 Å². The number of amides is 1. The van der Waals surface area contributed by atoms with Gasteiger partial charge < -0.3 is 19.0 Å². The molecule has 0 heterocycles. The lowest BCUT2D eigenvalue weighted by Crippen LogP contribution is -2.50. The molecule has 0 fully saturated rings. The van der Waals surface area contributed by atoms with Gasteiger partial charge in [-0.05, 0) is 34.1 Å². The molecule has 0 aromatic heterocycles. The standard InChI is InChI=1S/C13H27NO4Si/c1-6-12(10-11(5)13(14)15)19(16-7-2,17-8-3)18-9-4/h10,12H,6-9H2,1-5H3,(H2,14,15). The average Bonchev–Trinajstić information content (AvgIpc) is 2.36. The Morgan fingerprint density at radius 3 is 1.79 bits per heavy atom. The Morgan fingerprint density at radius 2 is 1.53 bits per heavy atom. The fourth-order valence-electron chi connectivity index (χ4n) is 1.90. The predicted octanol–water partition coefficient (Wildman–Crippen LogP) is 2.25. The van der Waals surface area contributed by atoms with E-state index in [9.17, 15) is 4.79 Å². The second kappa shape index (κ2) is 9.25. The molecule has 0 aliphatic carbocycles. The summed E-state index contributed by atoms with van der Waals surface area (Å²) in [5, 5.41) is 0. The number of hydrogen-bond donors (Lipinski definition) is 1. The fourth-order valence-corrected chi connectivity index (χ4v) is 4.96. The third-order valence-corrected chi connectivity index (χ3v) is 6.33. The van der Waals surface area contributed by atoms with Crippen molar-refractivity contribution >= 4 is 14.7 Å². The molecule has 0 bridgehead atoms. The summed E-state index contributed by atoms with van der Waals surface area (Å²) in [6.07, 6.45) is 2.60. The van der Waals surface area contributed by atoms with Crippen molar-refractivity contribution in [2.24, 2.45) is 5.73 Å². The molecule has 2 N–H and O–H groups in total. The van der Waals surface area contributed by atoms with E-state index in [-0.39, 0.29) is 5.54 Å². The third kappa shape index (κ3) is 5.44. The summed E-state index contributed by atoms with van der Waals surface area (Å²) < 4.78 is 17.5. The Balaban J connectivity index is 5.36. The zero-order chi connectivity index (χ0) is 14.9. The van der Waals surface area contributed by atoms with E-state index in [0.29, 0.717) is 25.4 Å². The van der Waals surface area contributed by atoms with Gasteiger partial charge in [0.15, 0.2) is 0 Å². The fraction of sp³-hybridized carbons (Fsp3) is 0.769. The van der Waals surface area contributed by atoms with Crippen LogP contribution in [0.25, 0.3) is 0 Å². The molecule has 112 valence electrons. The molecule has 0 aliphatic rings. The smallest absolute Gasteiger partial charge is 0.373 e. The largest absolute Gasteiger partial charge is 0.508 e. The highest BCUT2D eigenvalue weighted by molar-refractivity contribution is 6.63. The topological polar surface area (TPSA) is 70.8 Å². The van der Waals surface area contributed by atoms with E-state index < -0.39 is 14.7 Å². The van der Waals surface area contributed by atoms with Crippen LogP contribution in [0.15, 0.2) is 11.6 Å². The van der Waals surface area contributed by atoms with Crippen molar-refractivity contribution in [1.29, 1.82) is 0 Å². The van der Waals surface area contributed by atoms with Crippen molar-refractivity contribution in [3.05, 3.63) is 11.6 Å². The number of hydrogen-bond acceptors (Lipinski definition) is 4. The molecule has 0 aromatic carbocycles. The molecule has 1 atom stereocenters. The minimum atomic E-state index is -2.82. The van der Waals surface area contributed by atoms with Crippen LogP contribution in [0.1, 0.15) is 41.0 Å². The van der Waals surface area contributed by atoms with E-state index in [1.807, 2.05) is 33.8 Å². The Bertz CT molecular complexity index is 290. The van der Waals surface area contributed by atoms with Crippen molar-refractivity contribution in [3.63, 3.8) is 0 Å². The van der Waals surface area contributed by atoms with Gasteiger partial charge in [-0.3, -0.25) is 4.79 Å². The number of primary amides is 1. The van der Waals surface area contributed by atoms with Gasteiger partial charge in [0.25, 0.3) is 0 Å². The molecule has 5 nitrogen and oxygen atoms in total.